The van der Waals surface area contributed by atoms with Gasteiger partial charge in [0, 0.05) is 47.3 Å². The highest BCUT2D eigenvalue weighted by atomic mass is 35.5. The zero-order valence-electron chi connectivity index (χ0n) is 16.7. The predicted octanol–water partition coefficient (Wildman–Crippen LogP) is 3.86. The molecule has 0 spiro atoms. The van der Waals surface area contributed by atoms with E-state index in [1.165, 1.54) is 12.3 Å². The Balaban J connectivity index is 1.29. The molecule has 1 aromatic carbocycles. The van der Waals surface area contributed by atoms with Gasteiger partial charge in [0.15, 0.2) is 0 Å². The molecule has 4 heterocycles. The van der Waals surface area contributed by atoms with Gasteiger partial charge >= 0.3 is 11.8 Å². The lowest BCUT2D eigenvalue weighted by atomic mass is 10.00. The summed E-state index contributed by atoms with van der Waals surface area (Å²) in [5, 5.41) is 11.2. The lowest BCUT2D eigenvalue weighted by Crippen LogP contribution is -2.46. The van der Waals surface area contributed by atoms with Crippen LogP contribution in [0.5, 0.6) is 6.01 Å². The van der Waals surface area contributed by atoms with E-state index in [0.717, 1.165) is 24.2 Å². The fraction of sp³-hybridized carbons (Fsp3) is 0.333. The molecule has 2 aromatic heterocycles. The van der Waals surface area contributed by atoms with Crippen molar-refractivity contribution in [2.45, 2.75) is 32.0 Å². The number of nitro groups is 1. The highest BCUT2D eigenvalue weighted by Gasteiger charge is 2.41. The number of hydrogen-bond acceptors (Lipinski definition) is 6. The smallest absolute Gasteiger partial charge is 0.415 e. The maximum Gasteiger partial charge on any atom is 0.415 e. The first kappa shape index (κ1) is 19.9. The Hall–Kier alpha value is -3.04. The van der Waals surface area contributed by atoms with Crippen LogP contribution in [0.2, 0.25) is 5.02 Å². The van der Waals surface area contributed by atoms with E-state index in [-0.39, 0.29) is 17.6 Å². The van der Waals surface area contributed by atoms with Crippen LogP contribution in [0.25, 0.3) is 11.3 Å². The topological polar surface area (TPSA) is 86.3 Å². The molecule has 10 heteroatoms. The summed E-state index contributed by atoms with van der Waals surface area (Å²) >= 11 is 5.85. The molecule has 0 N–H and O–H groups in total. The van der Waals surface area contributed by atoms with Gasteiger partial charge in [-0.15, -0.1) is 0 Å². The summed E-state index contributed by atoms with van der Waals surface area (Å²) < 4.78 is 21.9. The average molecular weight is 444 g/mol. The number of halogens is 2. The van der Waals surface area contributed by atoms with E-state index in [9.17, 15) is 14.5 Å². The van der Waals surface area contributed by atoms with Crippen molar-refractivity contribution in [2.75, 3.05) is 13.1 Å². The third kappa shape index (κ3) is 3.75. The zero-order chi connectivity index (χ0) is 21.8. The Bertz CT molecular complexity index is 1170. The molecule has 0 fully saturated rings. The van der Waals surface area contributed by atoms with Crippen LogP contribution < -0.4 is 4.74 Å². The van der Waals surface area contributed by atoms with Crippen molar-refractivity contribution in [3.63, 3.8) is 0 Å². The Labute approximate surface area is 182 Å². The molecule has 5 rings (SSSR count). The highest BCUT2D eigenvalue weighted by Crippen LogP contribution is 2.33. The molecule has 0 bridgehead atoms. The SMILES string of the molecule is CC1(CN2CCc3nc(-c4ccc(Cl)cc4F)ccc3C2)Cn2cc([N+](=O)[O-])nc2O1. The molecule has 0 aliphatic carbocycles. The van der Waals surface area contributed by atoms with Gasteiger partial charge in [-0.2, -0.15) is 0 Å². The third-order valence-electron chi connectivity index (χ3n) is 5.65. The van der Waals surface area contributed by atoms with E-state index in [0.29, 0.717) is 35.9 Å². The average Bonchev–Trinajstić information content (AvgIpc) is 3.23. The van der Waals surface area contributed by atoms with Crippen molar-refractivity contribution >= 4 is 17.4 Å². The minimum atomic E-state index is -0.523. The largest absolute Gasteiger partial charge is 0.436 e. The third-order valence-corrected chi connectivity index (χ3v) is 5.88. The number of benzene rings is 1. The summed E-state index contributed by atoms with van der Waals surface area (Å²) in [5.74, 6) is -0.593. The van der Waals surface area contributed by atoms with Crippen molar-refractivity contribution < 1.29 is 14.1 Å². The molecule has 0 saturated carbocycles. The Kier molecular flexibility index (Phi) is 4.67. The number of fused-ring (bicyclic) bond motifs is 2. The predicted molar refractivity (Wildman–Crippen MR) is 112 cm³/mol. The summed E-state index contributed by atoms with van der Waals surface area (Å²) in [6.45, 7) is 4.62. The van der Waals surface area contributed by atoms with Crippen LogP contribution in [-0.2, 0) is 19.5 Å². The molecular weight excluding hydrogens is 425 g/mol. The van der Waals surface area contributed by atoms with Gasteiger partial charge in [0.2, 0.25) is 0 Å². The van der Waals surface area contributed by atoms with Crippen LogP contribution in [0.3, 0.4) is 0 Å². The minimum absolute atomic E-state index is 0.206. The molecule has 0 radical (unpaired) electrons. The zero-order valence-corrected chi connectivity index (χ0v) is 17.5. The quantitative estimate of drug-likeness (QED) is 0.449. The molecule has 3 aromatic rings. The van der Waals surface area contributed by atoms with Crippen LogP contribution in [0, 0.1) is 15.9 Å². The Morgan fingerprint density at radius 2 is 2.16 bits per heavy atom. The number of ether oxygens (including phenoxy) is 1. The van der Waals surface area contributed by atoms with Crippen molar-refractivity contribution in [3.05, 3.63) is 68.7 Å². The first-order valence-electron chi connectivity index (χ1n) is 9.87. The summed E-state index contributed by atoms with van der Waals surface area (Å²) in [6.07, 6.45) is 2.15. The van der Waals surface area contributed by atoms with Gasteiger partial charge in [-0.1, -0.05) is 17.7 Å². The van der Waals surface area contributed by atoms with E-state index in [1.54, 1.807) is 16.7 Å². The number of nitrogens with zero attached hydrogens (tertiary/aromatic N) is 5. The monoisotopic (exact) mass is 443 g/mol. The van der Waals surface area contributed by atoms with Crippen LogP contribution >= 0.6 is 11.6 Å². The normalized spacial score (nSPS) is 20.2. The van der Waals surface area contributed by atoms with E-state index in [2.05, 4.69) is 14.9 Å². The Morgan fingerprint density at radius 1 is 1.32 bits per heavy atom. The second-order valence-corrected chi connectivity index (χ2v) is 8.64. The van der Waals surface area contributed by atoms with Crippen molar-refractivity contribution in [1.82, 2.24) is 19.4 Å². The molecule has 31 heavy (non-hydrogen) atoms. The maximum atomic E-state index is 14.3. The van der Waals surface area contributed by atoms with Crippen LogP contribution in [0.4, 0.5) is 10.2 Å². The van der Waals surface area contributed by atoms with Gasteiger partial charge in [-0.25, -0.2) is 4.39 Å². The second kappa shape index (κ2) is 7.28. The summed E-state index contributed by atoms with van der Waals surface area (Å²) in [4.78, 5) is 21.3. The van der Waals surface area contributed by atoms with Crippen molar-refractivity contribution in [2.24, 2.45) is 0 Å². The molecular formula is C21H19ClFN5O3. The fourth-order valence-electron chi connectivity index (χ4n) is 4.29. The fourth-order valence-corrected chi connectivity index (χ4v) is 4.45. The molecule has 2 aliphatic rings. The number of hydrogen-bond donors (Lipinski definition) is 0. The van der Waals surface area contributed by atoms with Gasteiger partial charge in [0.1, 0.15) is 17.6 Å². The first-order valence-corrected chi connectivity index (χ1v) is 10.2. The molecule has 2 aliphatic heterocycles. The van der Waals surface area contributed by atoms with Gasteiger partial charge in [-0.3, -0.25) is 14.5 Å². The van der Waals surface area contributed by atoms with Gasteiger partial charge in [-0.05, 0) is 41.7 Å². The van der Waals surface area contributed by atoms with E-state index >= 15 is 0 Å². The lowest BCUT2D eigenvalue weighted by molar-refractivity contribution is -0.389. The van der Waals surface area contributed by atoms with Gasteiger partial charge < -0.3 is 14.9 Å². The standard InChI is InChI=1S/C21H19ClFN5O3/c1-21(12-27-10-19(28(29)30)25-20(27)31-21)11-26-7-6-17-13(9-26)2-5-18(24-17)15-4-3-14(22)8-16(15)23/h2-5,8,10H,6-7,9,11-12H2,1H3. The van der Waals surface area contributed by atoms with Crippen molar-refractivity contribution in [3.8, 4) is 17.3 Å². The molecule has 0 saturated heterocycles. The van der Waals surface area contributed by atoms with Gasteiger partial charge in [0.05, 0.1) is 12.2 Å². The minimum Gasteiger partial charge on any atom is -0.436 e. The van der Waals surface area contributed by atoms with Crippen LogP contribution in [-0.4, -0.2) is 43.0 Å². The Morgan fingerprint density at radius 3 is 2.90 bits per heavy atom. The summed E-state index contributed by atoms with van der Waals surface area (Å²) in [7, 11) is 0. The van der Waals surface area contributed by atoms with Crippen molar-refractivity contribution in [1.29, 1.82) is 0 Å². The molecule has 0 amide bonds. The second-order valence-electron chi connectivity index (χ2n) is 8.21. The van der Waals surface area contributed by atoms with Crippen LogP contribution in [0.1, 0.15) is 18.2 Å². The van der Waals surface area contributed by atoms with Gasteiger partial charge in [0.25, 0.3) is 0 Å². The number of aromatic nitrogens is 3. The van der Waals surface area contributed by atoms with Crippen LogP contribution in [0.15, 0.2) is 36.5 Å². The number of imidazole rings is 1. The highest BCUT2D eigenvalue weighted by molar-refractivity contribution is 6.30. The number of pyridine rings is 1. The molecule has 8 nitrogen and oxygen atoms in total. The van der Waals surface area contributed by atoms with E-state index in [4.69, 9.17) is 16.3 Å². The summed E-state index contributed by atoms with van der Waals surface area (Å²) in [6, 6.07) is 8.70. The lowest BCUT2D eigenvalue weighted by Gasteiger charge is -2.34. The van der Waals surface area contributed by atoms with E-state index in [1.807, 2.05) is 19.1 Å². The molecule has 1 atom stereocenters. The first-order chi connectivity index (χ1) is 14.8. The molecule has 1 unspecified atom stereocenters. The summed E-state index contributed by atoms with van der Waals surface area (Å²) in [5.41, 5.74) is 2.57. The number of rotatable bonds is 4. The maximum absolute atomic E-state index is 14.3. The van der Waals surface area contributed by atoms with E-state index < -0.39 is 10.5 Å². The molecule has 160 valence electrons.